The van der Waals surface area contributed by atoms with Gasteiger partial charge in [0.1, 0.15) is 0 Å². The molecule has 0 atom stereocenters. The van der Waals surface area contributed by atoms with Gasteiger partial charge in [0.25, 0.3) is 5.91 Å². The number of aromatic nitrogens is 4. The molecule has 1 aromatic carbocycles. The molecular weight excluding hydrogens is 366 g/mol. The van der Waals surface area contributed by atoms with Crippen LogP contribution in [0.1, 0.15) is 20.3 Å². The van der Waals surface area contributed by atoms with Gasteiger partial charge in [0.05, 0.1) is 11.0 Å². The summed E-state index contributed by atoms with van der Waals surface area (Å²) in [4.78, 5) is 25.4. The second kappa shape index (κ2) is 8.60. The van der Waals surface area contributed by atoms with Crippen molar-refractivity contribution in [3.63, 3.8) is 0 Å². The molecular formula is C22H25N5O2. The van der Waals surface area contributed by atoms with E-state index >= 15 is 0 Å². The van der Waals surface area contributed by atoms with Crippen LogP contribution in [0.25, 0.3) is 16.7 Å². The predicted molar refractivity (Wildman–Crippen MR) is 116 cm³/mol. The van der Waals surface area contributed by atoms with Crippen molar-refractivity contribution in [3.8, 4) is 0 Å². The fraction of sp³-hybridized carbons (Fsp3) is 0.227. The average molecular weight is 391 g/mol. The Labute approximate surface area is 169 Å². The summed E-state index contributed by atoms with van der Waals surface area (Å²) >= 11 is 0. The molecule has 150 valence electrons. The Morgan fingerprint density at radius 2 is 1.86 bits per heavy atom. The van der Waals surface area contributed by atoms with E-state index in [2.05, 4.69) is 10.4 Å². The summed E-state index contributed by atoms with van der Waals surface area (Å²) in [5, 5.41) is 6.97. The van der Waals surface area contributed by atoms with E-state index in [9.17, 15) is 9.59 Å². The first-order valence-corrected chi connectivity index (χ1v) is 9.48. The van der Waals surface area contributed by atoms with Crippen LogP contribution in [0.15, 0.2) is 71.2 Å². The summed E-state index contributed by atoms with van der Waals surface area (Å²) in [5.41, 5.74) is 2.73. The van der Waals surface area contributed by atoms with Crippen molar-refractivity contribution in [3.05, 3.63) is 76.9 Å². The molecule has 0 bridgehead atoms. The Kier molecular flexibility index (Phi) is 5.97. The summed E-state index contributed by atoms with van der Waals surface area (Å²) in [6.45, 7) is 3.83. The van der Waals surface area contributed by atoms with E-state index in [1.54, 1.807) is 52.3 Å². The Bertz CT molecular complexity index is 1190. The van der Waals surface area contributed by atoms with Crippen LogP contribution < -0.4 is 11.0 Å². The van der Waals surface area contributed by atoms with E-state index in [0.29, 0.717) is 23.5 Å². The van der Waals surface area contributed by atoms with Gasteiger partial charge in [0.2, 0.25) is 0 Å². The summed E-state index contributed by atoms with van der Waals surface area (Å²) in [7, 11) is 3.54. The minimum absolute atomic E-state index is 0.136. The Morgan fingerprint density at radius 1 is 1.14 bits per heavy atom. The van der Waals surface area contributed by atoms with Crippen molar-refractivity contribution in [2.45, 2.75) is 20.3 Å². The SMILES string of the molecule is C\C=C(/C=C\C(=C/CC)C(=O)Nc1ccn(C)n1)n1c(=O)n(C)c2ccccc21. The van der Waals surface area contributed by atoms with Crippen LogP contribution in [0.2, 0.25) is 0 Å². The number of para-hydroxylation sites is 2. The molecule has 1 N–H and O–H groups in total. The van der Waals surface area contributed by atoms with Gasteiger partial charge in [-0.1, -0.05) is 31.2 Å². The fourth-order valence-electron chi connectivity index (χ4n) is 3.14. The summed E-state index contributed by atoms with van der Waals surface area (Å²) in [6.07, 6.45) is 9.67. The van der Waals surface area contributed by atoms with Gasteiger partial charge in [0.15, 0.2) is 5.82 Å². The smallest absolute Gasteiger partial charge is 0.305 e. The number of imidazole rings is 1. The molecule has 0 saturated heterocycles. The lowest BCUT2D eigenvalue weighted by Crippen LogP contribution is -2.21. The maximum absolute atomic E-state index is 12.8. The van der Waals surface area contributed by atoms with E-state index in [0.717, 1.165) is 11.0 Å². The number of nitrogens with zero attached hydrogens (tertiary/aromatic N) is 4. The molecule has 0 aliphatic heterocycles. The van der Waals surface area contributed by atoms with Crippen molar-refractivity contribution < 1.29 is 4.79 Å². The van der Waals surface area contributed by atoms with Crippen LogP contribution >= 0.6 is 0 Å². The Morgan fingerprint density at radius 3 is 2.48 bits per heavy atom. The van der Waals surface area contributed by atoms with Gasteiger partial charge in [-0.2, -0.15) is 5.10 Å². The first-order chi connectivity index (χ1) is 14.0. The van der Waals surface area contributed by atoms with E-state index in [4.69, 9.17) is 0 Å². The predicted octanol–water partition coefficient (Wildman–Crippen LogP) is 3.47. The number of carbonyl (C=O) groups is 1. The molecule has 2 aromatic heterocycles. The first kappa shape index (κ1) is 20.1. The Balaban J connectivity index is 1.93. The van der Waals surface area contributed by atoms with Gasteiger partial charge in [0, 0.05) is 37.6 Å². The summed E-state index contributed by atoms with van der Waals surface area (Å²) in [6, 6.07) is 9.36. The molecule has 1 amide bonds. The van der Waals surface area contributed by atoms with Crippen molar-refractivity contribution in [2.24, 2.45) is 14.1 Å². The summed E-state index contributed by atoms with van der Waals surface area (Å²) < 4.78 is 4.88. The summed E-state index contributed by atoms with van der Waals surface area (Å²) in [5.74, 6) is 0.243. The number of rotatable bonds is 6. The third-order valence-electron chi connectivity index (χ3n) is 4.59. The topological polar surface area (TPSA) is 73.8 Å². The number of aryl methyl sites for hydroxylation is 2. The molecule has 7 nitrogen and oxygen atoms in total. The average Bonchev–Trinajstić information content (AvgIpc) is 3.23. The van der Waals surface area contributed by atoms with E-state index in [1.165, 1.54) is 0 Å². The quantitative estimate of drug-likeness (QED) is 0.516. The third-order valence-corrected chi connectivity index (χ3v) is 4.59. The maximum atomic E-state index is 12.8. The van der Waals surface area contributed by atoms with Crippen LogP contribution in [0.5, 0.6) is 0 Å². The lowest BCUT2D eigenvalue weighted by Gasteiger charge is -2.06. The normalized spacial score (nSPS) is 12.8. The minimum atomic E-state index is -0.248. The third kappa shape index (κ3) is 4.13. The van der Waals surface area contributed by atoms with E-state index in [-0.39, 0.29) is 11.6 Å². The van der Waals surface area contributed by atoms with Crippen molar-refractivity contribution in [1.82, 2.24) is 18.9 Å². The van der Waals surface area contributed by atoms with Gasteiger partial charge in [-0.25, -0.2) is 4.79 Å². The van der Waals surface area contributed by atoms with Crippen molar-refractivity contribution >= 4 is 28.5 Å². The molecule has 0 fully saturated rings. The van der Waals surface area contributed by atoms with Crippen LogP contribution in [0.3, 0.4) is 0 Å². The highest BCUT2D eigenvalue weighted by molar-refractivity contribution is 6.05. The van der Waals surface area contributed by atoms with Crippen molar-refractivity contribution in [1.29, 1.82) is 0 Å². The highest BCUT2D eigenvalue weighted by Gasteiger charge is 2.13. The number of allylic oxidation sites excluding steroid dienone is 4. The zero-order valence-electron chi connectivity index (χ0n) is 17.1. The zero-order valence-corrected chi connectivity index (χ0v) is 17.1. The number of hydrogen-bond acceptors (Lipinski definition) is 3. The van der Waals surface area contributed by atoms with E-state index in [1.807, 2.05) is 50.3 Å². The molecule has 3 rings (SSSR count). The molecule has 0 saturated carbocycles. The lowest BCUT2D eigenvalue weighted by molar-refractivity contribution is -0.112. The highest BCUT2D eigenvalue weighted by atomic mass is 16.2. The molecule has 7 heteroatoms. The highest BCUT2D eigenvalue weighted by Crippen LogP contribution is 2.18. The van der Waals surface area contributed by atoms with Crippen LogP contribution in [-0.4, -0.2) is 24.8 Å². The molecule has 0 radical (unpaired) electrons. The van der Waals surface area contributed by atoms with Crippen molar-refractivity contribution in [2.75, 3.05) is 5.32 Å². The monoisotopic (exact) mass is 391 g/mol. The molecule has 3 aromatic rings. The number of fused-ring (bicyclic) bond motifs is 1. The lowest BCUT2D eigenvalue weighted by atomic mass is 10.1. The molecule has 0 aliphatic carbocycles. The fourth-order valence-corrected chi connectivity index (χ4v) is 3.14. The van der Waals surface area contributed by atoms with Gasteiger partial charge < -0.3 is 5.32 Å². The number of nitrogens with one attached hydrogen (secondary N) is 1. The van der Waals surface area contributed by atoms with Gasteiger partial charge in [-0.3, -0.25) is 18.6 Å². The molecule has 0 unspecified atom stereocenters. The minimum Gasteiger partial charge on any atom is -0.305 e. The molecule has 0 aliphatic rings. The number of anilines is 1. The largest absolute Gasteiger partial charge is 0.333 e. The number of carbonyl (C=O) groups excluding carboxylic acids is 1. The zero-order chi connectivity index (χ0) is 21.0. The molecule has 2 heterocycles. The van der Waals surface area contributed by atoms with Gasteiger partial charge in [-0.05, 0) is 37.6 Å². The van der Waals surface area contributed by atoms with Crippen LogP contribution in [0.4, 0.5) is 5.82 Å². The molecule has 0 spiro atoms. The standard InChI is InChI=1S/C22H25N5O2/c1-5-9-16(21(28)23-20-14-15-25(3)24-20)12-13-17(6-2)27-19-11-8-7-10-18(19)26(4)22(27)29/h6-15H,5H2,1-4H3,(H,23,24,28)/b13-12-,16-9+,17-6+. The second-order valence-electron chi connectivity index (χ2n) is 6.61. The Hall–Kier alpha value is -3.61. The number of hydrogen-bond donors (Lipinski definition) is 1. The van der Waals surface area contributed by atoms with Crippen LogP contribution in [-0.2, 0) is 18.9 Å². The maximum Gasteiger partial charge on any atom is 0.333 e. The van der Waals surface area contributed by atoms with Gasteiger partial charge >= 0.3 is 5.69 Å². The molecule has 29 heavy (non-hydrogen) atoms. The second-order valence-corrected chi connectivity index (χ2v) is 6.61. The number of amides is 1. The number of benzene rings is 1. The van der Waals surface area contributed by atoms with Crippen LogP contribution in [0, 0.1) is 0 Å². The first-order valence-electron chi connectivity index (χ1n) is 9.48. The van der Waals surface area contributed by atoms with E-state index < -0.39 is 0 Å². The van der Waals surface area contributed by atoms with Gasteiger partial charge in [-0.15, -0.1) is 0 Å².